The largest absolute Gasteiger partial charge is 0.368 e. The molecule has 1 fully saturated rings. The summed E-state index contributed by atoms with van der Waals surface area (Å²) in [5.74, 6) is 1.84. The zero-order chi connectivity index (χ0) is 19.9. The van der Waals surface area contributed by atoms with Crippen LogP contribution in [-0.2, 0) is 0 Å². The predicted octanol–water partition coefficient (Wildman–Crippen LogP) is 2.53. The van der Waals surface area contributed by atoms with Crippen molar-refractivity contribution in [3.63, 3.8) is 0 Å². The van der Waals surface area contributed by atoms with E-state index in [0.29, 0.717) is 24.7 Å². The summed E-state index contributed by atoms with van der Waals surface area (Å²) in [7, 11) is 0. The number of nitro groups is 1. The highest BCUT2D eigenvalue weighted by atomic mass is 16.6. The van der Waals surface area contributed by atoms with Crippen molar-refractivity contribution < 1.29 is 9.72 Å². The molecule has 2 N–H and O–H groups in total. The van der Waals surface area contributed by atoms with E-state index in [1.165, 1.54) is 37.5 Å². The van der Waals surface area contributed by atoms with Gasteiger partial charge in [0.2, 0.25) is 0 Å². The molecule has 0 unspecified atom stereocenters. The van der Waals surface area contributed by atoms with Gasteiger partial charge in [0.15, 0.2) is 0 Å². The van der Waals surface area contributed by atoms with Gasteiger partial charge in [-0.15, -0.1) is 0 Å². The fraction of sp³-hybridized carbons (Fsp3) is 0.421. The summed E-state index contributed by atoms with van der Waals surface area (Å²) in [4.78, 5) is 33.9. The van der Waals surface area contributed by atoms with Crippen molar-refractivity contribution in [2.75, 3.05) is 36.4 Å². The number of hydrogen-bond acceptors (Lipinski definition) is 7. The van der Waals surface area contributed by atoms with E-state index < -0.39 is 10.8 Å². The molecule has 0 bridgehead atoms. The number of amides is 1. The maximum Gasteiger partial charge on any atom is 0.282 e. The molecule has 1 aliphatic rings. The summed E-state index contributed by atoms with van der Waals surface area (Å²) in [6.07, 6.45) is 3.60. The van der Waals surface area contributed by atoms with Gasteiger partial charge in [-0.2, -0.15) is 0 Å². The smallest absolute Gasteiger partial charge is 0.282 e. The standard InChI is InChI=1S/C19H24N6O3/c1-14-22-17(13-18(23-14)24-11-5-2-6-12-24)20-9-10-21-19(26)15-7-3-4-8-16(15)25(27)28/h3-4,7-8,13H,2,5-6,9-12H2,1H3,(H,21,26)(H,20,22,23). The number of nitrogens with one attached hydrogen (secondary N) is 2. The molecule has 1 aromatic carbocycles. The van der Waals surface area contributed by atoms with Crippen LogP contribution in [0, 0.1) is 17.0 Å². The average molecular weight is 384 g/mol. The van der Waals surface area contributed by atoms with Crippen LogP contribution in [0.1, 0.15) is 35.4 Å². The lowest BCUT2D eigenvalue weighted by Crippen LogP contribution is -2.31. The zero-order valence-electron chi connectivity index (χ0n) is 15.9. The fourth-order valence-electron chi connectivity index (χ4n) is 3.21. The molecule has 3 rings (SSSR count). The van der Waals surface area contributed by atoms with E-state index in [1.54, 1.807) is 6.07 Å². The van der Waals surface area contributed by atoms with Crippen LogP contribution in [-0.4, -0.2) is 47.0 Å². The number of benzene rings is 1. The summed E-state index contributed by atoms with van der Waals surface area (Å²) in [6.45, 7) is 4.62. The fourth-order valence-corrected chi connectivity index (χ4v) is 3.21. The number of anilines is 2. The van der Waals surface area contributed by atoms with Crippen molar-refractivity contribution in [3.05, 3.63) is 51.8 Å². The first-order valence-corrected chi connectivity index (χ1v) is 9.41. The van der Waals surface area contributed by atoms with E-state index in [0.717, 1.165) is 18.9 Å². The minimum Gasteiger partial charge on any atom is -0.368 e. The molecule has 148 valence electrons. The summed E-state index contributed by atoms with van der Waals surface area (Å²) in [6, 6.07) is 7.82. The second kappa shape index (κ2) is 9.12. The van der Waals surface area contributed by atoms with Crippen LogP contribution in [0.15, 0.2) is 30.3 Å². The molecule has 1 aromatic heterocycles. The number of hydrogen-bond donors (Lipinski definition) is 2. The second-order valence-electron chi connectivity index (χ2n) is 6.66. The van der Waals surface area contributed by atoms with Gasteiger partial charge in [-0.1, -0.05) is 12.1 Å². The van der Waals surface area contributed by atoms with Gasteiger partial charge in [0.1, 0.15) is 23.0 Å². The van der Waals surface area contributed by atoms with E-state index >= 15 is 0 Å². The van der Waals surface area contributed by atoms with Crippen molar-refractivity contribution in [1.82, 2.24) is 15.3 Å². The predicted molar refractivity (Wildman–Crippen MR) is 107 cm³/mol. The number of aromatic nitrogens is 2. The summed E-state index contributed by atoms with van der Waals surface area (Å²) in [5, 5.41) is 16.9. The third-order valence-electron chi connectivity index (χ3n) is 4.57. The lowest BCUT2D eigenvalue weighted by molar-refractivity contribution is -0.385. The quantitative estimate of drug-likeness (QED) is 0.428. The molecule has 1 amide bonds. The molecule has 2 aromatic rings. The van der Waals surface area contributed by atoms with Crippen LogP contribution in [0.25, 0.3) is 0 Å². The molecule has 9 nitrogen and oxygen atoms in total. The lowest BCUT2D eigenvalue weighted by atomic mass is 10.1. The van der Waals surface area contributed by atoms with Crippen LogP contribution < -0.4 is 15.5 Å². The molecule has 0 atom stereocenters. The minimum absolute atomic E-state index is 0.0535. The van der Waals surface area contributed by atoms with Crippen LogP contribution in [0.2, 0.25) is 0 Å². The molecule has 0 saturated carbocycles. The zero-order valence-corrected chi connectivity index (χ0v) is 15.9. The average Bonchev–Trinajstić information content (AvgIpc) is 2.71. The number of nitrogens with zero attached hydrogens (tertiary/aromatic N) is 4. The molecular weight excluding hydrogens is 360 g/mol. The first-order chi connectivity index (χ1) is 13.5. The molecule has 2 heterocycles. The Kier molecular flexibility index (Phi) is 6.36. The normalized spacial score (nSPS) is 13.8. The summed E-state index contributed by atoms with van der Waals surface area (Å²) >= 11 is 0. The van der Waals surface area contributed by atoms with E-state index in [4.69, 9.17) is 0 Å². The minimum atomic E-state index is -0.557. The molecule has 0 aliphatic carbocycles. The number of carbonyl (C=O) groups is 1. The Morgan fingerprint density at radius 3 is 2.68 bits per heavy atom. The van der Waals surface area contributed by atoms with Gasteiger partial charge < -0.3 is 15.5 Å². The van der Waals surface area contributed by atoms with Crippen molar-refractivity contribution in [2.45, 2.75) is 26.2 Å². The number of para-hydroxylation sites is 1. The maximum atomic E-state index is 12.2. The molecule has 0 radical (unpaired) electrons. The summed E-state index contributed by atoms with van der Waals surface area (Å²) < 4.78 is 0. The molecular formula is C19H24N6O3. The highest BCUT2D eigenvalue weighted by Gasteiger charge is 2.18. The SMILES string of the molecule is Cc1nc(NCCNC(=O)c2ccccc2[N+](=O)[O-])cc(N2CCCCC2)n1. The topological polar surface area (TPSA) is 113 Å². The van der Waals surface area contributed by atoms with Crippen LogP contribution in [0.4, 0.5) is 17.3 Å². The number of rotatable bonds is 7. The van der Waals surface area contributed by atoms with E-state index in [1.807, 2.05) is 13.0 Å². The Labute approximate surface area is 163 Å². The van der Waals surface area contributed by atoms with Gasteiger partial charge in [-0.3, -0.25) is 14.9 Å². The number of nitro benzene ring substituents is 1. The highest BCUT2D eigenvalue weighted by molar-refractivity contribution is 5.98. The van der Waals surface area contributed by atoms with Crippen molar-refractivity contribution in [2.24, 2.45) is 0 Å². The monoisotopic (exact) mass is 384 g/mol. The highest BCUT2D eigenvalue weighted by Crippen LogP contribution is 2.20. The van der Waals surface area contributed by atoms with Gasteiger partial charge in [0.25, 0.3) is 11.6 Å². The van der Waals surface area contributed by atoms with Crippen LogP contribution in [0.5, 0.6) is 0 Å². The summed E-state index contributed by atoms with van der Waals surface area (Å²) in [5.41, 5.74) is -0.150. The van der Waals surface area contributed by atoms with Gasteiger partial charge in [-0.25, -0.2) is 9.97 Å². The first-order valence-electron chi connectivity index (χ1n) is 9.41. The second-order valence-corrected chi connectivity index (χ2v) is 6.66. The van der Waals surface area contributed by atoms with Crippen molar-refractivity contribution >= 4 is 23.2 Å². The third kappa shape index (κ3) is 4.93. The van der Waals surface area contributed by atoms with Crippen LogP contribution >= 0.6 is 0 Å². The van der Waals surface area contributed by atoms with E-state index in [2.05, 4.69) is 25.5 Å². The first kappa shape index (κ1) is 19.5. The van der Waals surface area contributed by atoms with Gasteiger partial charge in [0.05, 0.1) is 4.92 Å². The van der Waals surface area contributed by atoms with Gasteiger partial charge in [0, 0.05) is 38.3 Å². The Morgan fingerprint density at radius 1 is 1.18 bits per heavy atom. The Hall–Kier alpha value is -3.23. The number of carbonyl (C=O) groups excluding carboxylic acids is 1. The van der Waals surface area contributed by atoms with E-state index in [-0.39, 0.29) is 11.3 Å². The van der Waals surface area contributed by atoms with Crippen molar-refractivity contribution in [1.29, 1.82) is 0 Å². The van der Waals surface area contributed by atoms with Gasteiger partial charge >= 0.3 is 0 Å². The molecule has 28 heavy (non-hydrogen) atoms. The number of piperidine rings is 1. The lowest BCUT2D eigenvalue weighted by Gasteiger charge is -2.28. The van der Waals surface area contributed by atoms with Crippen LogP contribution in [0.3, 0.4) is 0 Å². The van der Waals surface area contributed by atoms with Gasteiger partial charge in [-0.05, 0) is 32.3 Å². The Balaban J connectivity index is 1.55. The maximum absolute atomic E-state index is 12.2. The Bertz CT molecular complexity index is 851. The number of aryl methyl sites for hydroxylation is 1. The molecule has 1 aliphatic heterocycles. The third-order valence-corrected chi connectivity index (χ3v) is 4.57. The van der Waals surface area contributed by atoms with Crippen molar-refractivity contribution in [3.8, 4) is 0 Å². The molecule has 1 saturated heterocycles. The molecule has 9 heteroatoms. The molecule has 0 spiro atoms. The van der Waals surface area contributed by atoms with E-state index in [9.17, 15) is 14.9 Å². The Morgan fingerprint density at radius 2 is 1.93 bits per heavy atom.